The summed E-state index contributed by atoms with van der Waals surface area (Å²) >= 11 is 0. The lowest BCUT2D eigenvalue weighted by Crippen LogP contribution is -2.36. The molecule has 0 radical (unpaired) electrons. The van der Waals surface area contributed by atoms with Crippen LogP contribution in [0.5, 0.6) is 0 Å². The zero-order chi connectivity index (χ0) is 17.1. The number of alkyl halides is 3. The number of hydrogen-bond donors (Lipinski definition) is 1. The van der Waals surface area contributed by atoms with E-state index in [4.69, 9.17) is 4.74 Å². The number of rotatable bonds is 7. The molecule has 0 saturated heterocycles. The van der Waals surface area contributed by atoms with Gasteiger partial charge < -0.3 is 9.84 Å². The average Bonchev–Trinajstić information content (AvgIpc) is 3.07. The summed E-state index contributed by atoms with van der Waals surface area (Å²) in [6.45, 7) is 4.93. The molecule has 2 unspecified atom stereocenters. The van der Waals surface area contributed by atoms with Crippen molar-refractivity contribution in [3.05, 3.63) is 0 Å². The first kappa shape index (κ1) is 18.8. The molecule has 7 heteroatoms. The van der Waals surface area contributed by atoms with Crippen molar-refractivity contribution in [2.45, 2.75) is 64.7 Å². The van der Waals surface area contributed by atoms with Gasteiger partial charge in [-0.3, -0.25) is 9.59 Å². The molecule has 1 saturated carbocycles. The smallest absolute Gasteiger partial charge is 0.389 e. The Morgan fingerprint density at radius 3 is 2.09 bits per heavy atom. The van der Waals surface area contributed by atoms with E-state index >= 15 is 0 Å². The molecule has 0 aromatic carbocycles. The number of esters is 1. The molecule has 0 aromatic heterocycles. The molecule has 1 N–H and O–H groups in total. The Bertz CT molecular complexity index is 408. The van der Waals surface area contributed by atoms with Crippen LogP contribution in [0.2, 0.25) is 0 Å². The third kappa shape index (κ3) is 7.13. The Hall–Kier alpha value is -1.27. The summed E-state index contributed by atoms with van der Waals surface area (Å²) in [6.07, 6.45) is -4.21. The van der Waals surface area contributed by atoms with Crippen molar-refractivity contribution in [3.63, 3.8) is 0 Å². The van der Waals surface area contributed by atoms with Gasteiger partial charge in [0.1, 0.15) is 5.60 Å². The van der Waals surface area contributed by atoms with E-state index in [2.05, 4.69) is 0 Å². The standard InChI is InChI=1S/C15H23F3O4/c1-14(2,3)22-13(21)11(8-9-4-5-9)10(12(19)20)6-7-15(16,17)18/h9-11H,4-8H2,1-3H3,(H,19,20). The lowest BCUT2D eigenvalue weighted by atomic mass is 9.84. The maximum absolute atomic E-state index is 12.4. The number of carboxylic acid groups (broad SMARTS) is 1. The van der Waals surface area contributed by atoms with Crippen LogP contribution in [-0.4, -0.2) is 28.8 Å². The van der Waals surface area contributed by atoms with Crippen LogP contribution in [0.25, 0.3) is 0 Å². The predicted octanol–water partition coefficient (Wildman–Crippen LogP) is 3.79. The Kier molecular flexibility index (Phi) is 5.87. The molecule has 1 rings (SSSR count). The van der Waals surface area contributed by atoms with Crippen LogP contribution in [0.1, 0.15) is 52.9 Å². The molecule has 1 fully saturated rings. The fraction of sp³-hybridized carbons (Fsp3) is 0.867. The second-order valence-electron chi connectivity index (χ2n) is 6.92. The number of carbonyl (C=O) groups is 2. The topological polar surface area (TPSA) is 63.6 Å². The Labute approximate surface area is 128 Å². The lowest BCUT2D eigenvalue weighted by Gasteiger charge is -2.27. The van der Waals surface area contributed by atoms with Gasteiger partial charge in [-0.05, 0) is 39.5 Å². The first-order valence-electron chi connectivity index (χ1n) is 7.41. The van der Waals surface area contributed by atoms with Gasteiger partial charge in [0.2, 0.25) is 0 Å². The van der Waals surface area contributed by atoms with Gasteiger partial charge in [0.25, 0.3) is 0 Å². The zero-order valence-electron chi connectivity index (χ0n) is 13.1. The van der Waals surface area contributed by atoms with E-state index in [1.165, 1.54) is 0 Å². The molecule has 0 aromatic rings. The molecule has 22 heavy (non-hydrogen) atoms. The van der Waals surface area contributed by atoms with Gasteiger partial charge in [0, 0.05) is 6.42 Å². The fourth-order valence-electron chi connectivity index (χ4n) is 2.33. The van der Waals surface area contributed by atoms with Crippen LogP contribution in [0, 0.1) is 17.8 Å². The zero-order valence-corrected chi connectivity index (χ0v) is 13.1. The number of carboxylic acids is 1. The first-order chi connectivity index (χ1) is 9.89. The number of ether oxygens (including phenoxy) is 1. The van der Waals surface area contributed by atoms with Crippen LogP contribution < -0.4 is 0 Å². The molecular formula is C15H23F3O4. The largest absolute Gasteiger partial charge is 0.481 e. The van der Waals surface area contributed by atoms with Gasteiger partial charge in [-0.15, -0.1) is 0 Å². The van der Waals surface area contributed by atoms with Crippen molar-refractivity contribution < 1.29 is 32.6 Å². The highest BCUT2D eigenvalue weighted by molar-refractivity contribution is 5.81. The Morgan fingerprint density at radius 1 is 1.18 bits per heavy atom. The summed E-state index contributed by atoms with van der Waals surface area (Å²) in [5.74, 6) is -4.26. The second kappa shape index (κ2) is 6.87. The van der Waals surface area contributed by atoms with Gasteiger partial charge in [0.15, 0.2) is 0 Å². The minimum Gasteiger partial charge on any atom is -0.481 e. The van der Waals surface area contributed by atoms with E-state index in [1.807, 2.05) is 0 Å². The van der Waals surface area contributed by atoms with Gasteiger partial charge in [-0.1, -0.05) is 12.8 Å². The van der Waals surface area contributed by atoms with E-state index in [1.54, 1.807) is 20.8 Å². The van der Waals surface area contributed by atoms with Crippen molar-refractivity contribution in [3.8, 4) is 0 Å². The predicted molar refractivity (Wildman–Crippen MR) is 73.1 cm³/mol. The third-order valence-corrected chi connectivity index (χ3v) is 3.54. The van der Waals surface area contributed by atoms with Crippen LogP contribution in [-0.2, 0) is 14.3 Å². The Morgan fingerprint density at radius 2 is 1.73 bits per heavy atom. The van der Waals surface area contributed by atoms with E-state index in [-0.39, 0.29) is 12.3 Å². The molecule has 0 heterocycles. The molecule has 128 valence electrons. The molecule has 0 spiro atoms. The average molecular weight is 324 g/mol. The SMILES string of the molecule is CC(C)(C)OC(=O)C(CC1CC1)C(CCC(F)(F)F)C(=O)O. The number of halogens is 3. The maximum Gasteiger partial charge on any atom is 0.389 e. The molecule has 0 amide bonds. The van der Waals surface area contributed by atoms with E-state index in [9.17, 15) is 27.9 Å². The minimum absolute atomic E-state index is 0.213. The van der Waals surface area contributed by atoms with Crippen molar-refractivity contribution in [2.24, 2.45) is 17.8 Å². The number of carbonyl (C=O) groups excluding carboxylic acids is 1. The maximum atomic E-state index is 12.4. The number of hydrogen-bond acceptors (Lipinski definition) is 3. The molecule has 0 aliphatic heterocycles. The second-order valence-corrected chi connectivity index (χ2v) is 6.92. The monoisotopic (exact) mass is 324 g/mol. The van der Waals surface area contributed by atoms with Crippen LogP contribution >= 0.6 is 0 Å². The molecule has 1 aliphatic carbocycles. The first-order valence-corrected chi connectivity index (χ1v) is 7.41. The van der Waals surface area contributed by atoms with Crippen LogP contribution in [0.15, 0.2) is 0 Å². The Balaban J connectivity index is 2.84. The summed E-state index contributed by atoms with van der Waals surface area (Å²) < 4.78 is 42.4. The van der Waals surface area contributed by atoms with Gasteiger partial charge in [-0.2, -0.15) is 13.2 Å². The fourth-order valence-corrected chi connectivity index (χ4v) is 2.33. The van der Waals surface area contributed by atoms with Crippen LogP contribution in [0.4, 0.5) is 13.2 Å². The summed E-state index contributed by atoms with van der Waals surface area (Å²) in [6, 6.07) is 0. The molecular weight excluding hydrogens is 301 g/mol. The highest BCUT2D eigenvalue weighted by atomic mass is 19.4. The van der Waals surface area contributed by atoms with Crippen molar-refractivity contribution in [2.75, 3.05) is 0 Å². The summed E-state index contributed by atoms with van der Waals surface area (Å²) in [4.78, 5) is 23.6. The summed E-state index contributed by atoms with van der Waals surface area (Å²) in [5.41, 5.74) is -0.800. The molecule has 4 nitrogen and oxygen atoms in total. The van der Waals surface area contributed by atoms with Crippen molar-refractivity contribution >= 4 is 11.9 Å². The molecule has 1 aliphatic rings. The van der Waals surface area contributed by atoms with Gasteiger partial charge in [-0.25, -0.2) is 0 Å². The normalized spacial score (nSPS) is 18.6. The van der Waals surface area contributed by atoms with E-state index in [0.29, 0.717) is 0 Å². The van der Waals surface area contributed by atoms with Gasteiger partial charge in [0.05, 0.1) is 11.8 Å². The highest BCUT2D eigenvalue weighted by Gasteiger charge is 2.42. The van der Waals surface area contributed by atoms with E-state index in [0.717, 1.165) is 12.8 Å². The number of aliphatic carboxylic acids is 1. The highest BCUT2D eigenvalue weighted by Crippen LogP contribution is 2.40. The third-order valence-electron chi connectivity index (χ3n) is 3.54. The lowest BCUT2D eigenvalue weighted by molar-refractivity contribution is -0.170. The minimum atomic E-state index is -4.44. The summed E-state index contributed by atoms with van der Waals surface area (Å²) in [7, 11) is 0. The summed E-state index contributed by atoms with van der Waals surface area (Å²) in [5, 5.41) is 9.25. The van der Waals surface area contributed by atoms with Crippen molar-refractivity contribution in [1.82, 2.24) is 0 Å². The van der Waals surface area contributed by atoms with Crippen molar-refractivity contribution in [1.29, 1.82) is 0 Å². The molecule has 2 atom stereocenters. The van der Waals surface area contributed by atoms with Gasteiger partial charge >= 0.3 is 18.1 Å². The van der Waals surface area contributed by atoms with E-state index < -0.39 is 48.4 Å². The molecule has 0 bridgehead atoms. The quantitative estimate of drug-likeness (QED) is 0.724. The van der Waals surface area contributed by atoms with Crippen LogP contribution in [0.3, 0.4) is 0 Å².